The molecule has 3 N–H and O–H groups in total. The standard InChI is InChI=1S/C13H10N2O2/c16-10-6-3-7-11(17)12(10)13-14-8-4-1-2-5-9(8)15-13/h1-7,16-17H,(H,14,15). The fraction of sp³-hybridized carbons (Fsp3) is 0. The highest BCUT2D eigenvalue weighted by Crippen LogP contribution is 2.35. The van der Waals surface area contributed by atoms with Crippen LogP contribution < -0.4 is 0 Å². The smallest absolute Gasteiger partial charge is 0.146 e. The Morgan fingerprint density at radius 3 is 2.29 bits per heavy atom. The fourth-order valence-electron chi connectivity index (χ4n) is 1.84. The topological polar surface area (TPSA) is 69.1 Å². The van der Waals surface area contributed by atoms with Crippen molar-refractivity contribution in [2.45, 2.75) is 0 Å². The number of benzene rings is 2. The van der Waals surface area contributed by atoms with E-state index < -0.39 is 0 Å². The van der Waals surface area contributed by atoms with Gasteiger partial charge in [0.15, 0.2) is 0 Å². The minimum Gasteiger partial charge on any atom is -0.507 e. The Kier molecular flexibility index (Phi) is 2.01. The Morgan fingerprint density at radius 2 is 1.59 bits per heavy atom. The van der Waals surface area contributed by atoms with E-state index in [9.17, 15) is 10.2 Å². The average Bonchev–Trinajstić information content (AvgIpc) is 2.71. The number of aromatic nitrogens is 2. The van der Waals surface area contributed by atoms with Crippen LogP contribution in [0.5, 0.6) is 11.5 Å². The summed E-state index contributed by atoms with van der Waals surface area (Å²) in [7, 11) is 0. The molecule has 0 saturated carbocycles. The lowest BCUT2D eigenvalue weighted by Gasteiger charge is -2.02. The van der Waals surface area contributed by atoms with Gasteiger partial charge in [-0.2, -0.15) is 0 Å². The van der Waals surface area contributed by atoms with Crippen LogP contribution in [0.25, 0.3) is 22.4 Å². The third kappa shape index (κ3) is 1.50. The highest BCUT2D eigenvalue weighted by molar-refractivity contribution is 5.82. The van der Waals surface area contributed by atoms with Crippen molar-refractivity contribution < 1.29 is 10.2 Å². The van der Waals surface area contributed by atoms with E-state index in [1.807, 2.05) is 24.3 Å². The molecule has 3 rings (SSSR count). The van der Waals surface area contributed by atoms with Gasteiger partial charge in [-0.25, -0.2) is 4.98 Å². The number of fused-ring (bicyclic) bond motifs is 1. The minimum atomic E-state index is 0.00376. The molecule has 0 aliphatic rings. The van der Waals surface area contributed by atoms with Crippen molar-refractivity contribution >= 4 is 11.0 Å². The second kappa shape index (κ2) is 3.52. The summed E-state index contributed by atoms with van der Waals surface area (Å²) in [6.45, 7) is 0. The molecule has 0 radical (unpaired) electrons. The van der Waals surface area contributed by atoms with E-state index >= 15 is 0 Å². The molecule has 4 heteroatoms. The molecule has 0 fully saturated rings. The molecule has 0 spiro atoms. The molecule has 0 bridgehead atoms. The normalized spacial score (nSPS) is 10.8. The number of phenols is 2. The number of aromatic amines is 1. The first kappa shape index (κ1) is 9.72. The first-order chi connectivity index (χ1) is 8.25. The molecule has 2 aromatic carbocycles. The van der Waals surface area contributed by atoms with Crippen molar-refractivity contribution in [2.24, 2.45) is 0 Å². The number of hydrogen-bond donors (Lipinski definition) is 3. The summed E-state index contributed by atoms with van der Waals surface area (Å²) >= 11 is 0. The Morgan fingerprint density at radius 1 is 0.882 bits per heavy atom. The monoisotopic (exact) mass is 226 g/mol. The Bertz CT molecular complexity index is 635. The number of imidazole rings is 1. The van der Waals surface area contributed by atoms with Gasteiger partial charge in [-0.1, -0.05) is 18.2 Å². The third-order valence-corrected chi connectivity index (χ3v) is 2.65. The zero-order chi connectivity index (χ0) is 11.8. The molecule has 0 amide bonds. The van der Waals surface area contributed by atoms with Crippen LogP contribution in [0, 0.1) is 0 Å². The van der Waals surface area contributed by atoms with E-state index in [-0.39, 0.29) is 11.5 Å². The number of para-hydroxylation sites is 2. The van der Waals surface area contributed by atoms with Crippen molar-refractivity contribution in [2.75, 3.05) is 0 Å². The number of nitrogens with zero attached hydrogens (tertiary/aromatic N) is 1. The van der Waals surface area contributed by atoms with Crippen LogP contribution in [0.3, 0.4) is 0 Å². The lowest BCUT2D eigenvalue weighted by molar-refractivity contribution is 0.453. The Hall–Kier alpha value is -2.49. The Labute approximate surface area is 97.2 Å². The first-order valence-electron chi connectivity index (χ1n) is 5.22. The molecule has 17 heavy (non-hydrogen) atoms. The maximum Gasteiger partial charge on any atom is 0.146 e. The van der Waals surface area contributed by atoms with Crippen LogP contribution in [0.2, 0.25) is 0 Å². The summed E-state index contributed by atoms with van der Waals surface area (Å²) in [4.78, 5) is 7.39. The van der Waals surface area contributed by atoms with Crippen molar-refractivity contribution in [3.63, 3.8) is 0 Å². The summed E-state index contributed by atoms with van der Waals surface area (Å²) in [6.07, 6.45) is 0. The number of phenolic OH excluding ortho intramolecular Hbond substituents is 2. The first-order valence-corrected chi connectivity index (χ1v) is 5.22. The van der Waals surface area contributed by atoms with Crippen molar-refractivity contribution in [1.82, 2.24) is 9.97 Å². The summed E-state index contributed by atoms with van der Waals surface area (Å²) in [5, 5.41) is 19.5. The van der Waals surface area contributed by atoms with Crippen LogP contribution in [-0.2, 0) is 0 Å². The van der Waals surface area contributed by atoms with Crippen LogP contribution in [0.1, 0.15) is 0 Å². The zero-order valence-corrected chi connectivity index (χ0v) is 8.88. The van der Waals surface area contributed by atoms with Crippen molar-refractivity contribution in [3.05, 3.63) is 42.5 Å². The maximum absolute atomic E-state index is 9.75. The van der Waals surface area contributed by atoms with E-state index in [2.05, 4.69) is 9.97 Å². The average molecular weight is 226 g/mol. The third-order valence-electron chi connectivity index (χ3n) is 2.65. The molecule has 0 unspecified atom stereocenters. The molecule has 1 heterocycles. The van der Waals surface area contributed by atoms with Gasteiger partial charge in [0.05, 0.1) is 11.0 Å². The number of H-pyrrole nitrogens is 1. The molecule has 0 aliphatic carbocycles. The lowest BCUT2D eigenvalue weighted by atomic mass is 10.1. The molecule has 4 nitrogen and oxygen atoms in total. The molecular weight excluding hydrogens is 216 g/mol. The Balaban J connectivity index is 2.27. The van der Waals surface area contributed by atoms with Gasteiger partial charge in [-0.3, -0.25) is 0 Å². The van der Waals surface area contributed by atoms with Crippen LogP contribution in [0.15, 0.2) is 42.5 Å². The van der Waals surface area contributed by atoms with Gasteiger partial charge < -0.3 is 15.2 Å². The second-order valence-corrected chi connectivity index (χ2v) is 3.77. The largest absolute Gasteiger partial charge is 0.507 e. The molecule has 3 aromatic rings. The van der Waals surface area contributed by atoms with Crippen molar-refractivity contribution in [3.8, 4) is 22.9 Å². The van der Waals surface area contributed by atoms with Crippen LogP contribution >= 0.6 is 0 Å². The molecule has 0 atom stereocenters. The number of rotatable bonds is 1. The summed E-state index contributed by atoms with van der Waals surface area (Å²) in [5.41, 5.74) is 1.99. The van der Waals surface area contributed by atoms with E-state index in [0.717, 1.165) is 11.0 Å². The molecule has 1 aromatic heterocycles. The van der Waals surface area contributed by atoms with Crippen LogP contribution in [0.4, 0.5) is 0 Å². The van der Waals surface area contributed by atoms with Crippen molar-refractivity contribution in [1.29, 1.82) is 0 Å². The van der Waals surface area contributed by atoms with E-state index in [4.69, 9.17) is 0 Å². The summed E-state index contributed by atoms with van der Waals surface area (Å²) < 4.78 is 0. The lowest BCUT2D eigenvalue weighted by Crippen LogP contribution is -1.82. The summed E-state index contributed by atoms with van der Waals surface area (Å²) in [5.74, 6) is 0.468. The van der Waals surface area contributed by atoms with Gasteiger partial charge in [0.1, 0.15) is 22.9 Å². The molecule has 0 saturated heterocycles. The van der Waals surface area contributed by atoms with Crippen LogP contribution in [-0.4, -0.2) is 20.2 Å². The number of hydrogen-bond acceptors (Lipinski definition) is 3. The van der Waals surface area contributed by atoms with Gasteiger partial charge in [0, 0.05) is 0 Å². The summed E-state index contributed by atoms with van der Waals surface area (Å²) in [6, 6.07) is 12.2. The second-order valence-electron chi connectivity index (χ2n) is 3.77. The predicted octanol–water partition coefficient (Wildman–Crippen LogP) is 2.64. The fourth-order valence-corrected chi connectivity index (χ4v) is 1.84. The van der Waals surface area contributed by atoms with Gasteiger partial charge in [-0.15, -0.1) is 0 Å². The highest BCUT2D eigenvalue weighted by atomic mass is 16.3. The van der Waals surface area contributed by atoms with Gasteiger partial charge in [0.2, 0.25) is 0 Å². The molecule has 0 aliphatic heterocycles. The van der Waals surface area contributed by atoms with Gasteiger partial charge in [0.25, 0.3) is 0 Å². The van der Waals surface area contributed by atoms with E-state index in [1.165, 1.54) is 12.1 Å². The SMILES string of the molecule is Oc1cccc(O)c1-c1nc2ccccc2[nH]1. The number of aromatic hydroxyl groups is 2. The maximum atomic E-state index is 9.75. The minimum absolute atomic E-state index is 0.00376. The predicted molar refractivity (Wildman–Crippen MR) is 64.9 cm³/mol. The van der Waals surface area contributed by atoms with E-state index in [0.29, 0.717) is 11.4 Å². The van der Waals surface area contributed by atoms with E-state index in [1.54, 1.807) is 6.07 Å². The molecular formula is C13H10N2O2. The van der Waals surface area contributed by atoms with Gasteiger partial charge >= 0.3 is 0 Å². The van der Waals surface area contributed by atoms with Gasteiger partial charge in [-0.05, 0) is 24.3 Å². The molecule has 84 valence electrons. The zero-order valence-electron chi connectivity index (χ0n) is 8.88. The number of nitrogens with one attached hydrogen (secondary N) is 1. The highest BCUT2D eigenvalue weighted by Gasteiger charge is 2.13. The quantitative estimate of drug-likeness (QED) is 0.597.